The molecule has 0 radical (unpaired) electrons. The first-order valence-corrected chi connectivity index (χ1v) is 8.19. The van der Waals surface area contributed by atoms with Gasteiger partial charge in [-0.1, -0.05) is 31.9 Å². The predicted octanol–water partition coefficient (Wildman–Crippen LogP) is 2.82. The standard InChI is InChI=1S/C18H28N2O2/c1-14-7-4-5-10-17(14)19-18(21)13-20(2)12-15-8-6-9-16(11-15)22-3/h6,8-9,11,14,17H,4-5,7,10,12-13H2,1-3H3,(H,19,21)/t14-,17-/m0/s1. The van der Waals surface area contributed by atoms with E-state index in [1.54, 1.807) is 7.11 Å². The van der Waals surface area contributed by atoms with E-state index < -0.39 is 0 Å². The van der Waals surface area contributed by atoms with Crippen molar-refractivity contribution in [1.29, 1.82) is 0 Å². The number of nitrogens with zero attached hydrogens (tertiary/aromatic N) is 1. The molecule has 1 N–H and O–H groups in total. The molecule has 4 heteroatoms. The number of rotatable bonds is 6. The minimum Gasteiger partial charge on any atom is -0.497 e. The number of ether oxygens (including phenoxy) is 1. The van der Waals surface area contributed by atoms with Crippen LogP contribution >= 0.6 is 0 Å². The Kier molecular flexibility index (Phi) is 6.25. The molecule has 0 aromatic heterocycles. The number of nitrogens with one attached hydrogen (secondary N) is 1. The number of hydrogen-bond donors (Lipinski definition) is 1. The van der Waals surface area contributed by atoms with E-state index >= 15 is 0 Å². The van der Waals surface area contributed by atoms with Crippen molar-refractivity contribution in [3.05, 3.63) is 29.8 Å². The monoisotopic (exact) mass is 304 g/mol. The number of likely N-dealkylation sites (N-methyl/N-ethyl adjacent to an activating group) is 1. The molecule has 2 atom stereocenters. The maximum atomic E-state index is 12.2. The Morgan fingerprint density at radius 1 is 1.36 bits per heavy atom. The molecule has 1 saturated carbocycles. The van der Waals surface area contributed by atoms with Crippen LogP contribution in [0.5, 0.6) is 5.75 Å². The van der Waals surface area contributed by atoms with Crippen molar-refractivity contribution in [3.8, 4) is 5.75 Å². The lowest BCUT2D eigenvalue weighted by atomic mass is 9.86. The van der Waals surface area contributed by atoms with Crippen LogP contribution in [-0.4, -0.2) is 37.6 Å². The molecule has 1 fully saturated rings. The molecule has 4 nitrogen and oxygen atoms in total. The predicted molar refractivity (Wildman–Crippen MR) is 88.9 cm³/mol. The maximum Gasteiger partial charge on any atom is 0.234 e. The molecule has 0 unspecified atom stereocenters. The SMILES string of the molecule is COc1cccc(CN(C)CC(=O)N[C@H]2CCCC[C@@H]2C)c1. The van der Waals surface area contributed by atoms with Crippen molar-refractivity contribution < 1.29 is 9.53 Å². The molecule has 0 bridgehead atoms. The summed E-state index contributed by atoms with van der Waals surface area (Å²) < 4.78 is 5.23. The molecule has 1 aromatic rings. The molecular weight excluding hydrogens is 276 g/mol. The van der Waals surface area contributed by atoms with Gasteiger partial charge in [-0.2, -0.15) is 0 Å². The normalized spacial score (nSPS) is 21.6. The van der Waals surface area contributed by atoms with Crippen molar-refractivity contribution in [2.24, 2.45) is 5.92 Å². The first kappa shape index (κ1) is 16.8. The molecule has 122 valence electrons. The Morgan fingerprint density at radius 2 is 2.14 bits per heavy atom. The molecule has 1 aliphatic carbocycles. The number of hydrogen-bond acceptors (Lipinski definition) is 3. The van der Waals surface area contributed by atoms with Gasteiger partial charge in [0.25, 0.3) is 0 Å². The molecule has 1 aliphatic rings. The molecule has 1 amide bonds. The minimum absolute atomic E-state index is 0.129. The van der Waals surface area contributed by atoms with Gasteiger partial charge in [-0.05, 0) is 43.5 Å². The summed E-state index contributed by atoms with van der Waals surface area (Å²) in [6, 6.07) is 8.33. The Bertz CT molecular complexity index is 490. The zero-order valence-electron chi connectivity index (χ0n) is 14.0. The zero-order valence-corrected chi connectivity index (χ0v) is 14.0. The van der Waals surface area contributed by atoms with E-state index in [1.165, 1.54) is 19.3 Å². The summed E-state index contributed by atoms with van der Waals surface area (Å²) in [7, 11) is 3.64. The molecule has 0 spiro atoms. The van der Waals surface area contributed by atoms with Gasteiger partial charge in [-0.15, -0.1) is 0 Å². The third kappa shape index (κ3) is 5.02. The van der Waals surface area contributed by atoms with Crippen molar-refractivity contribution in [3.63, 3.8) is 0 Å². The second-order valence-electron chi connectivity index (χ2n) is 6.46. The van der Waals surface area contributed by atoms with Crippen LogP contribution in [0.25, 0.3) is 0 Å². The molecule has 2 rings (SSSR count). The van der Waals surface area contributed by atoms with Crippen LogP contribution in [0.3, 0.4) is 0 Å². The Morgan fingerprint density at radius 3 is 2.86 bits per heavy atom. The maximum absolute atomic E-state index is 12.2. The second-order valence-corrected chi connectivity index (χ2v) is 6.46. The van der Waals surface area contributed by atoms with Gasteiger partial charge in [0.2, 0.25) is 5.91 Å². The van der Waals surface area contributed by atoms with E-state index in [9.17, 15) is 4.79 Å². The summed E-state index contributed by atoms with van der Waals surface area (Å²) in [6.45, 7) is 3.41. The van der Waals surface area contributed by atoms with Crippen LogP contribution in [0.1, 0.15) is 38.2 Å². The summed E-state index contributed by atoms with van der Waals surface area (Å²) in [4.78, 5) is 14.2. The van der Waals surface area contributed by atoms with Crippen molar-refractivity contribution in [1.82, 2.24) is 10.2 Å². The number of methoxy groups -OCH3 is 1. The highest BCUT2D eigenvalue weighted by atomic mass is 16.5. The highest BCUT2D eigenvalue weighted by Crippen LogP contribution is 2.23. The zero-order chi connectivity index (χ0) is 15.9. The van der Waals surface area contributed by atoms with E-state index in [-0.39, 0.29) is 5.91 Å². The van der Waals surface area contributed by atoms with Gasteiger partial charge < -0.3 is 10.1 Å². The number of benzene rings is 1. The first-order chi connectivity index (χ1) is 10.6. The summed E-state index contributed by atoms with van der Waals surface area (Å²) in [5.74, 6) is 1.58. The molecule has 1 aromatic carbocycles. The summed E-state index contributed by atoms with van der Waals surface area (Å²) in [5.41, 5.74) is 1.15. The fourth-order valence-corrected chi connectivity index (χ4v) is 3.17. The quantitative estimate of drug-likeness (QED) is 0.878. The van der Waals surface area contributed by atoms with Gasteiger partial charge in [0.05, 0.1) is 13.7 Å². The van der Waals surface area contributed by atoms with E-state index in [0.717, 1.165) is 24.3 Å². The van der Waals surface area contributed by atoms with E-state index in [2.05, 4.69) is 18.3 Å². The van der Waals surface area contributed by atoms with Crippen LogP contribution in [0.2, 0.25) is 0 Å². The van der Waals surface area contributed by atoms with E-state index in [4.69, 9.17) is 4.74 Å². The van der Waals surface area contributed by atoms with Gasteiger partial charge in [0.1, 0.15) is 5.75 Å². The topological polar surface area (TPSA) is 41.6 Å². The second kappa shape index (κ2) is 8.18. The van der Waals surface area contributed by atoms with Crippen molar-refractivity contribution in [2.75, 3.05) is 20.7 Å². The fraction of sp³-hybridized carbons (Fsp3) is 0.611. The molecule has 0 aliphatic heterocycles. The molecule has 22 heavy (non-hydrogen) atoms. The molecule has 0 saturated heterocycles. The van der Waals surface area contributed by atoms with E-state index in [1.807, 2.05) is 30.1 Å². The van der Waals surface area contributed by atoms with Crippen molar-refractivity contribution in [2.45, 2.75) is 45.2 Å². The summed E-state index contributed by atoms with van der Waals surface area (Å²) >= 11 is 0. The lowest BCUT2D eigenvalue weighted by Crippen LogP contribution is -2.44. The smallest absolute Gasteiger partial charge is 0.234 e. The van der Waals surface area contributed by atoms with Gasteiger partial charge >= 0.3 is 0 Å². The van der Waals surface area contributed by atoms with Crippen LogP contribution in [0, 0.1) is 5.92 Å². The summed E-state index contributed by atoms with van der Waals surface area (Å²) in [5, 5.41) is 3.20. The van der Waals surface area contributed by atoms with Crippen LogP contribution in [0.4, 0.5) is 0 Å². The van der Waals surface area contributed by atoms with Gasteiger partial charge in [0, 0.05) is 12.6 Å². The van der Waals surface area contributed by atoms with Gasteiger partial charge in [0.15, 0.2) is 0 Å². The lowest BCUT2D eigenvalue weighted by Gasteiger charge is -2.30. The highest BCUT2D eigenvalue weighted by Gasteiger charge is 2.23. The van der Waals surface area contributed by atoms with E-state index in [0.29, 0.717) is 18.5 Å². The third-order valence-corrected chi connectivity index (χ3v) is 4.46. The van der Waals surface area contributed by atoms with Crippen LogP contribution in [0.15, 0.2) is 24.3 Å². The Hall–Kier alpha value is -1.55. The average Bonchev–Trinajstić information content (AvgIpc) is 2.49. The lowest BCUT2D eigenvalue weighted by molar-refractivity contribution is -0.123. The number of carbonyl (C=O) groups excluding carboxylic acids is 1. The largest absolute Gasteiger partial charge is 0.497 e. The molecular formula is C18H28N2O2. The third-order valence-electron chi connectivity index (χ3n) is 4.46. The average molecular weight is 304 g/mol. The Balaban J connectivity index is 1.80. The fourth-order valence-electron chi connectivity index (χ4n) is 3.17. The van der Waals surface area contributed by atoms with Crippen molar-refractivity contribution >= 4 is 5.91 Å². The van der Waals surface area contributed by atoms with Gasteiger partial charge in [-0.25, -0.2) is 0 Å². The number of carbonyl (C=O) groups is 1. The molecule has 0 heterocycles. The highest BCUT2D eigenvalue weighted by molar-refractivity contribution is 5.78. The summed E-state index contributed by atoms with van der Waals surface area (Å²) in [6.07, 6.45) is 4.87. The van der Waals surface area contributed by atoms with Crippen LogP contribution in [-0.2, 0) is 11.3 Å². The minimum atomic E-state index is 0.129. The van der Waals surface area contributed by atoms with Crippen LogP contribution < -0.4 is 10.1 Å². The first-order valence-electron chi connectivity index (χ1n) is 8.19. The van der Waals surface area contributed by atoms with Gasteiger partial charge in [-0.3, -0.25) is 9.69 Å². The number of amides is 1. The Labute approximate surface area is 133 Å².